The van der Waals surface area contributed by atoms with Crippen LogP contribution in [-0.4, -0.2) is 11.5 Å². The first kappa shape index (κ1) is 13.6. The molecule has 2 nitrogen and oxygen atoms in total. The van der Waals surface area contributed by atoms with Crippen LogP contribution in [0, 0.1) is 5.82 Å². The van der Waals surface area contributed by atoms with E-state index in [0.717, 1.165) is 23.0 Å². The molecular weight excluding hydrogens is 315 g/mol. The molecule has 0 spiro atoms. The van der Waals surface area contributed by atoms with Crippen molar-refractivity contribution < 1.29 is 4.39 Å². The average Bonchev–Trinajstić information content (AvgIpc) is 2.78. The molecule has 2 rings (SSSR count). The van der Waals surface area contributed by atoms with Gasteiger partial charge in [-0.05, 0) is 46.4 Å². The zero-order valence-electron chi connectivity index (χ0n) is 9.99. The van der Waals surface area contributed by atoms with E-state index in [9.17, 15) is 4.39 Å². The molecule has 2 aromatic rings. The van der Waals surface area contributed by atoms with Gasteiger partial charge in [-0.3, -0.25) is 4.98 Å². The highest BCUT2D eigenvalue weighted by molar-refractivity contribution is 9.10. The minimum absolute atomic E-state index is 0.202. The van der Waals surface area contributed by atoms with Crippen molar-refractivity contribution in [1.29, 1.82) is 0 Å². The van der Waals surface area contributed by atoms with Gasteiger partial charge in [-0.25, -0.2) is 4.39 Å². The van der Waals surface area contributed by atoms with E-state index in [4.69, 9.17) is 0 Å². The fourth-order valence-electron chi connectivity index (χ4n) is 1.75. The second-order valence-corrected chi connectivity index (χ2v) is 5.53. The number of thiophene rings is 1. The van der Waals surface area contributed by atoms with Crippen molar-refractivity contribution >= 4 is 27.3 Å². The maximum absolute atomic E-state index is 13.9. The maximum atomic E-state index is 13.9. The lowest BCUT2D eigenvalue weighted by Gasteiger charge is -2.18. The van der Waals surface area contributed by atoms with Crippen LogP contribution in [-0.2, 0) is 0 Å². The first-order chi connectivity index (χ1) is 8.74. The molecule has 1 unspecified atom stereocenters. The molecule has 0 aliphatic heterocycles. The van der Waals surface area contributed by atoms with Crippen molar-refractivity contribution in [2.45, 2.75) is 19.4 Å². The lowest BCUT2D eigenvalue weighted by Crippen LogP contribution is -2.25. The third-order valence-electron chi connectivity index (χ3n) is 2.61. The quantitative estimate of drug-likeness (QED) is 0.892. The van der Waals surface area contributed by atoms with Gasteiger partial charge in [-0.15, -0.1) is 0 Å². The number of hydrogen-bond acceptors (Lipinski definition) is 3. The highest BCUT2D eigenvalue weighted by Crippen LogP contribution is 2.31. The van der Waals surface area contributed by atoms with Crippen LogP contribution in [0.3, 0.4) is 0 Å². The summed E-state index contributed by atoms with van der Waals surface area (Å²) in [5.41, 5.74) is 1.48. The van der Waals surface area contributed by atoms with E-state index in [0.29, 0.717) is 5.69 Å². The van der Waals surface area contributed by atoms with Gasteiger partial charge in [0.05, 0.1) is 11.7 Å². The van der Waals surface area contributed by atoms with Gasteiger partial charge in [0, 0.05) is 21.6 Å². The minimum atomic E-state index is -0.274. The molecule has 2 aromatic heterocycles. The highest BCUT2D eigenvalue weighted by atomic mass is 79.9. The molecular formula is C13H14BrFN2S. The number of halogens is 2. The zero-order valence-corrected chi connectivity index (χ0v) is 12.4. The maximum Gasteiger partial charge on any atom is 0.146 e. The third-order valence-corrected chi connectivity index (χ3v) is 4.36. The van der Waals surface area contributed by atoms with Crippen LogP contribution < -0.4 is 5.32 Å². The number of rotatable bonds is 5. The largest absolute Gasteiger partial charge is 0.305 e. The van der Waals surface area contributed by atoms with E-state index in [1.807, 2.05) is 10.8 Å². The lowest BCUT2D eigenvalue weighted by molar-refractivity contribution is 0.531. The Kier molecular flexibility index (Phi) is 4.86. The summed E-state index contributed by atoms with van der Waals surface area (Å²) in [6, 6.07) is 2.86. The van der Waals surface area contributed by atoms with Crippen LogP contribution in [0.5, 0.6) is 0 Å². The van der Waals surface area contributed by atoms with Crippen LogP contribution in [0.2, 0.25) is 0 Å². The van der Waals surface area contributed by atoms with Gasteiger partial charge >= 0.3 is 0 Å². The molecule has 0 aliphatic rings. The van der Waals surface area contributed by atoms with Crippen molar-refractivity contribution in [3.8, 4) is 0 Å². The Morgan fingerprint density at radius 2 is 2.33 bits per heavy atom. The molecule has 0 bridgehead atoms. The SMILES string of the molecule is CCCNC(c1cscc1Br)c1ncccc1F. The Morgan fingerprint density at radius 3 is 2.94 bits per heavy atom. The summed E-state index contributed by atoms with van der Waals surface area (Å²) in [7, 11) is 0. The normalized spacial score (nSPS) is 12.6. The highest BCUT2D eigenvalue weighted by Gasteiger charge is 2.21. The third kappa shape index (κ3) is 2.96. The Morgan fingerprint density at radius 1 is 1.50 bits per heavy atom. The number of nitrogens with one attached hydrogen (secondary N) is 1. The molecule has 1 atom stereocenters. The first-order valence-electron chi connectivity index (χ1n) is 5.79. The average molecular weight is 329 g/mol. The summed E-state index contributed by atoms with van der Waals surface area (Å²) in [5.74, 6) is -0.274. The summed E-state index contributed by atoms with van der Waals surface area (Å²) < 4.78 is 14.9. The predicted octanol–water partition coefficient (Wildman–Crippen LogP) is 4.13. The molecule has 0 radical (unpaired) electrons. The molecule has 0 saturated carbocycles. The van der Waals surface area contributed by atoms with E-state index in [-0.39, 0.29) is 11.9 Å². The van der Waals surface area contributed by atoms with Gasteiger partial charge < -0.3 is 5.32 Å². The van der Waals surface area contributed by atoms with Crippen molar-refractivity contribution in [2.24, 2.45) is 0 Å². The second kappa shape index (κ2) is 6.41. The zero-order chi connectivity index (χ0) is 13.0. The van der Waals surface area contributed by atoms with Crippen molar-refractivity contribution in [1.82, 2.24) is 10.3 Å². The van der Waals surface area contributed by atoms with Gasteiger partial charge in [-0.2, -0.15) is 11.3 Å². The predicted molar refractivity (Wildman–Crippen MR) is 76.4 cm³/mol. The van der Waals surface area contributed by atoms with Crippen molar-refractivity contribution in [3.05, 3.63) is 50.6 Å². The Labute approximate surface area is 118 Å². The summed E-state index contributed by atoms with van der Waals surface area (Å²) in [6.07, 6.45) is 2.62. The van der Waals surface area contributed by atoms with Crippen LogP contribution >= 0.6 is 27.3 Å². The fraction of sp³-hybridized carbons (Fsp3) is 0.308. The van der Waals surface area contributed by atoms with Crippen molar-refractivity contribution in [3.63, 3.8) is 0 Å². The van der Waals surface area contributed by atoms with Gasteiger partial charge in [0.15, 0.2) is 0 Å². The molecule has 5 heteroatoms. The van der Waals surface area contributed by atoms with Gasteiger partial charge in [0.25, 0.3) is 0 Å². The molecule has 0 fully saturated rings. The van der Waals surface area contributed by atoms with Gasteiger partial charge in [-0.1, -0.05) is 6.92 Å². The van der Waals surface area contributed by atoms with E-state index in [1.165, 1.54) is 6.07 Å². The second-order valence-electron chi connectivity index (χ2n) is 3.93. The van der Waals surface area contributed by atoms with E-state index < -0.39 is 0 Å². The minimum Gasteiger partial charge on any atom is -0.305 e. The smallest absolute Gasteiger partial charge is 0.146 e. The molecule has 0 saturated heterocycles. The van der Waals surface area contributed by atoms with Crippen LogP contribution in [0.15, 0.2) is 33.6 Å². The molecule has 18 heavy (non-hydrogen) atoms. The fourth-order valence-corrected chi connectivity index (χ4v) is 3.30. The topological polar surface area (TPSA) is 24.9 Å². The monoisotopic (exact) mass is 328 g/mol. The van der Waals surface area contributed by atoms with Crippen LogP contribution in [0.4, 0.5) is 4.39 Å². The summed E-state index contributed by atoms with van der Waals surface area (Å²) in [5, 5.41) is 7.36. The molecule has 1 N–H and O–H groups in total. The standard InChI is InChI=1S/C13H14BrFN2S/c1-2-5-16-12(9-7-18-8-10(9)14)13-11(15)4-3-6-17-13/h3-4,6-8,12,16H,2,5H2,1H3. The summed E-state index contributed by atoms with van der Waals surface area (Å²) in [6.45, 7) is 2.91. The summed E-state index contributed by atoms with van der Waals surface area (Å²) in [4.78, 5) is 4.17. The van der Waals surface area contributed by atoms with Gasteiger partial charge in [0.1, 0.15) is 5.82 Å². The lowest BCUT2D eigenvalue weighted by atomic mass is 10.1. The molecule has 0 aliphatic carbocycles. The number of pyridine rings is 1. The van der Waals surface area contributed by atoms with Crippen LogP contribution in [0.1, 0.15) is 30.6 Å². The molecule has 2 heterocycles. The number of hydrogen-bond donors (Lipinski definition) is 1. The van der Waals surface area contributed by atoms with E-state index in [1.54, 1.807) is 23.6 Å². The van der Waals surface area contributed by atoms with E-state index >= 15 is 0 Å². The van der Waals surface area contributed by atoms with E-state index in [2.05, 4.69) is 33.2 Å². The number of aromatic nitrogens is 1. The molecule has 96 valence electrons. The Balaban J connectivity index is 2.37. The Bertz CT molecular complexity index is 515. The van der Waals surface area contributed by atoms with Gasteiger partial charge in [0.2, 0.25) is 0 Å². The first-order valence-corrected chi connectivity index (χ1v) is 7.53. The number of nitrogens with zero attached hydrogens (tertiary/aromatic N) is 1. The van der Waals surface area contributed by atoms with Crippen molar-refractivity contribution in [2.75, 3.05) is 6.54 Å². The molecule has 0 aromatic carbocycles. The Hall–Kier alpha value is -0.780. The summed E-state index contributed by atoms with van der Waals surface area (Å²) >= 11 is 5.09. The molecule has 0 amide bonds. The van der Waals surface area contributed by atoms with Crippen LogP contribution in [0.25, 0.3) is 0 Å².